The average Bonchev–Trinajstić information content (AvgIpc) is 2.42. The van der Waals surface area contributed by atoms with E-state index in [2.05, 4.69) is 5.32 Å². The van der Waals surface area contributed by atoms with Gasteiger partial charge in [0.25, 0.3) is 5.91 Å². The van der Waals surface area contributed by atoms with Crippen molar-refractivity contribution in [2.75, 3.05) is 0 Å². The lowest BCUT2D eigenvalue weighted by Crippen LogP contribution is -2.44. The van der Waals surface area contributed by atoms with Crippen LogP contribution in [0.4, 0.5) is 13.2 Å². The number of amides is 1. The van der Waals surface area contributed by atoms with Gasteiger partial charge in [-0.1, -0.05) is 12.1 Å². The van der Waals surface area contributed by atoms with Crippen molar-refractivity contribution in [3.63, 3.8) is 0 Å². The van der Waals surface area contributed by atoms with Crippen LogP contribution >= 0.6 is 0 Å². The molecule has 0 spiro atoms. The number of hydrogen-bond acceptors (Lipinski definition) is 4. The van der Waals surface area contributed by atoms with Crippen molar-refractivity contribution in [3.8, 4) is 0 Å². The van der Waals surface area contributed by atoms with Gasteiger partial charge >= 0.3 is 6.18 Å². The van der Waals surface area contributed by atoms with Gasteiger partial charge in [-0.05, 0) is 24.6 Å². The topological polar surface area (TPSA) is 86.6 Å². The van der Waals surface area contributed by atoms with E-state index in [0.717, 1.165) is 19.1 Å². The molecule has 5 nitrogen and oxygen atoms in total. The Morgan fingerprint density at radius 3 is 2.10 bits per heavy atom. The molecule has 21 heavy (non-hydrogen) atoms. The van der Waals surface area contributed by atoms with Gasteiger partial charge in [-0.3, -0.25) is 9.59 Å². The standard InChI is InChI=1S/C13H14F3NO4/c1-7(18)10(19)11(20)12(21)17-6-8-2-4-9(5-3-8)13(14,15)16/h2-5,10-11,19-20H,6H2,1H3,(H,17,21)/t10-,11?/m0/s1. The monoisotopic (exact) mass is 305 g/mol. The molecule has 1 amide bonds. The molecule has 0 saturated carbocycles. The number of hydrogen-bond donors (Lipinski definition) is 3. The second-order valence-corrected chi connectivity index (χ2v) is 4.41. The van der Waals surface area contributed by atoms with Crippen molar-refractivity contribution in [2.24, 2.45) is 0 Å². The second kappa shape index (κ2) is 6.68. The first-order valence-electron chi connectivity index (χ1n) is 5.93. The maximum atomic E-state index is 12.3. The number of nitrogens with one attached hydrogen (secondary N) is 1. The van der Waals surface area contributed by atoms with Gasteiger partial charge < -0.3 is 15.5 Å². The van der Waals surface area contributed by atoms with Crippen LogP contribution in [0.5, 0.6) is 0 Å². The van der Waals surface area contributed by atoms with Crippen LogP contribution in [0.15, 0.2) is 24.3 Å². The molecule has 1 aromatic rings. The molecule has 0 aromatic heterocycles. The zero-order valence-corrected chi connectivity index (χ0v) is 11.0. The maximum Gasteiger partial charge on any atom is 0.416 e. The normalized spacial score (nSPS) is 14.4. The molecular weight excluding hydrogens is 291 g/mol. The molecule has 0 bridgehead atoms. The molecule has 0 radical (unpaired) electrons. The summed E-state index contributed by atoms with van der Waals surface area (Å²) in [5.41, 5.74) is -0.439. The first-order valence-corrected chi connectivity index (χ1v) is 5.93. The molecule has 0 aliphatic carbocycles. The van der Waals surface area contributed by atoms with Crippen LogP contribution in [-0.2, 0) is 22.3 Å². The van der Waals surface area contributed by atoms with Crippen molar-refractivity contribution in [1.82, 2.24) is 5.32 Å². The zero-order valence-electron chi connectivity index (χ0n) is 11.0. The highest BCUT2D eigenvalue weighted by molar-refractivity contribution is 5.90. The Bertz CT molecular complexity index is 513. The van der Waals surface area contributed by atoms with Gasteiger partial charge in [-0.25, -0.2) is 0 Å². The largest absolute Gasteiger partial charge is 0.416 e. The summed E-state index contributed by atoms with van der Waals surface area (Å²) < 4.78 is 37.0. The Balaban J connectivity index is 2.59. The highest BCUT2D eigenvalue weighted by Gasteiger charge is 2.30. The molecular formula is C13H14F3NO4. The molecule has 1 unspecified atom stereocenters. The molecule has 0 aliphatic heterocycles. The van der Waals surface area contributed by atoms with Gasteiger partial charge in [0, 0.05) is 6.54 Å². The van der Waals surface area contributed by atoms with Crippen molar-refractivity contribution >= 4 is 11.7 Å². The SMILES string of the molecule is CC(=O)[C@H](O)C(O)C(=O)NCc1ccc(C(F)(F)F)cc1. The van der Waals surface area contributed by atoms with Crippen LogP contribution in [-0.4, -0.2) is 34.1 Å². The Labute approximate surface area is 118 Å². The van der Waals surface area contributed by atoms with Crippen molar-refractivity contribution in [1.29, 1.82) is 0 Å². The number of aliphatic hydroxyl groups excluding tert-OH is 2. The maximum absolute atomic E-state index is 12.3. The molecule has 0 fully saturated rings. The summed E-state index contributed by atoms with van der Waals surface area (Å²) in [5, 5.41) is 20.8. The predicted molar refractivity (Wildman–Crippen MR) is 66.0 cm³/mol. The number of ketones is 1. The third-order valence-corrected chi connectivity index (χ3v) is 2.73. The van der Waals surface area contributed by atoms with Crippen LogP contribution < -0.4 is 5.32 Å². The summed E-state index contributed by atoms with van der Waals surface area (Å²) in [6.07, 6.45) is -8.20. The Morgan fingerprint density at radius 1 is 1.14 bits per heavy atom. The minimum atomic E-state index is -4.44. The van der Waals surface area contributed by atoms with Gasteiger partial charge in [0.2, 0.25) is 0 Å². The summed E-state index contributed by atoms with van der Waals surface area (Å²) in [4.78, 5) is 22.2. The fraction of sp³-hybridized carbons (Fsp3) is 0.385. The summed E-state index contributed by atoms with van der Waals surface area (Å²) >= 11 is 0. The van der Waals surface area contributed by atoms with E-state index in [1.54, 1.807) is 0 Å². The van der Waals surface area contributed by atoms with E-state index in [-0.39, 0.29) is 6.54 Å². The van der Waals surface area contributed by atoms with Crippen LogP contribution in [0.1, 0.15) is 18.1 Å². The van der Waals surface area contributed by atoms with Crippen molar-refractivity contribution < 1.29 is 33.0 Å². The van der Waals surface area contributed by atoms with Gasteiger partial charge in [-0.15, -0.1) is 0 Å². The summed E-state index contributed by atoms with van der Waals surface area (Å²) in [7, 11) is 0. The van der Waals surface area contributed by atoms with E-state index in [0.29, 0.717) is 5.56 Å². The first kappa shape index (κ1) is 17.1. The Morgan fingerprint density at radius 2 is 1.67 bits per heavy atom. The van der Waals surface area contributed by atoms with E-state index in [1.807, 2.05) is 0 Å². The van der Waals surface area contributed by atoms with E-state index >= 15 is 0 Å². The predicted octanol–water partition coefficient (Wildman–Crippen LogP) is 0.632. The van der Waals surface area contributed by atoms with Gasteiger partial charge in [0.1, 0.15) is 6.10 Å². The number of carbonyl (C=O) groups excluding carboxylic acids is 2. The van der Waals surface area contributed by atoms with Gasteiger partial charge in [0.05, 0.1) is 5.56 Å². The number of benzene rings is 1. The summed E-state index contributed by atoms with van der Waals surface area (Å²) in [5.74, 6) is -1.76. The minimum absolute atomic E-state index is 0.140. The minimum Gasteiger partial charge on any atom is -0.382 e. The van der Waals surface area contributed by atoms with E-state index in [1.165, 1.54) is 12.1 Å². The Hall–Kier alpha value is -1.93. The number of aliphatic hydroxyl groups is 2. The number of Topliss-reactive ketones (excluding diaryl/α,β-unsaturated/α-hetero) is 1. The van der Waals surface area contributed by atoms with Crippen molar-refractivity contribution in [2.45, 2.75) is 31.9 Å². The molecule has 2 atom stereocenters. The third-order valence-electron chi connectivity index (χ3n) is 2.73. The lowest BCUT2D eigenvalue weighted by Gasteiger charge is -2.15. The molecule has 1 aromatic carbocycles. The van der Waals surface area contributed by atoms with Crippen LogP contribution in [0.25, 0.3) is 0 Å². The summed E-state index contributed by atoms with van der Waals surface area (Å²) in [6.45, 7) is 0.871. The van der Waals surface area contributed by atoms with Gasteiger partial charge in [0.15, 0.2) is 11.9 Å². The van der Waals surface area contributed by atoms with E-state index in [9.17, 15) is 33.0 Å². The van der Waals surface area contributed by atoms with E-state index in [4.69, 9.17) is 0 Å². The molecule has 8 heteroatoms. The van der Waals surface area contributed by atoms with Crippen LogP contribution in [0.2, 0.25) is 0 Å². The highest BCUT2D eigenvalue weighted by Crippen LogP contribution is 2.28. The first-order chi connectivity index (χ1) is 9.62. The molecule has 0 heterocycles. The van der Waals surface area contributed by atoms with Crippen LogP contribution in [0, 0.1) is 0 Å². The molecule has 3 N–H and O–H groups in total. The molecule has 116 valence electrons. The Kier molecular flexibility index (Phi) is 5.45. The zero-order chi connectivity index (χ0) is 16.2. The third kappa shape index (κ3) is 4.83. The number of halogens is 3. The molecule has 0 aliphatic rings. The molecule has 1 rings (SSSR count). The second-order valence-electron chi connectivity index (χ2n) is 4.41. The average molecular weight is 305 g/mol. The van der Waals surface area contributed by atoms with Crippen molar-refractivity contribution in [3.05, 3.63) is 35.4 Å². The lowest BCUT2D eigenvalue weighted by molar-refractivity contribution is -0.143. The number of alkyl halides is 3. The smallest absolute Gasteiger partial charge is 0.382 e. The van der Waals surface area contributed by atoms with Gasteiger partial charge in [-0.2, -0.15) is 13.2 Å². The quantitative estimate of drug-likeness (QED) is 0.745. The lowest BCUT2D eigenvalue weighted by atomic mass is 10.1. The highest BCUT2D eigenvalue weighted by atomic mass is 19.4. The fourth-order valence-corrected chi connectivity index (χ4v) is 1.47. The van der Waals surface area contributed by atoms with Crippen LogP contribution in [0.3, 0.4) is 0 Å². The number of rotatable bonds is 5. The van der Waals surface area contributed by atoms with E-state index < -0.39 is 35.6 Å². The fourth-order valence-electron chi connectivity index (χ4n) is 1.47. The number of carbonyl (C=O) groups is 2. The summed E-state index contributed by atoms with van der Waals surface area (Å²) in [6, 6.07) is 4.08. The molecule has 0 saturated heterocycles.